The van der Waals surface area contributed by atoms with Crippen LogP contribution in [0.15, 0.2) is 24.3 Å². The van der Waals surface area contributed by atoms with Gasteiger partial charge in [0.1, 0.15) is 11.5 Å². The van der Waals surface area contributed by atoms with Gasteiger partial charge in [-0.2, -0.15) is 16.8 Å². The maximum absolute atomic E-state index is 11.7. The summed E-state index contributed by atoms with van der Waals surface area (Å²) in [5.74, 6) is -0.545. The molecule has 0 spiro atoms. The number of hydrogen-bond acceptors (Lipinski definition) is 7. The topological polar surface area (TPSA) is 127 Å². The molecule has 0 saturated heterocycles. The van der Waals surface area contributed by atoms with Gasteiger partial charge in [-0.3, -0.25) is 4.55 Å². The molecule has 0 radical (unpaired) electrons. The summed E-state index contributed by atoms with van der Waals surface area (Å²) in [5.41, 5.74) is 0. The van der Waals surface area contributed by atoms with Gasteiger partial charge >= 0.3 is 10.1 Å². The summed E-state index contributed by atoms with van der Waals surface area (Å²) in [6, 6.07) is 5.28. The van der Waals surface area contributed by atoms with Gasteiger partial charge in [0.15, 0.2) is 0 Å². The van der Waals surface area contributed by atoms with Gasteiger partial charge in [-0.25, -0.2) is 0 Å². The molecule has 1 aromatic rings. The van der Waals surface area contributed by atoms with E-state index in [1.807, 2.05) is 0 Å². The van der Waals surface area contributed by atoms with Crippen LogP contribution in [0.4, 0.5) is 0 Å². The molecular weight excluding hydrogens is 336 g/mol. The van der Waals surface area contributed by atoms with E-state index in [1.165, 1.54) is 24.3 Å². The average molecular weight is 354 g/mol. The van der Waals surface area contributed by atoms with Crippen LogP contribution < -0.4 is 4.18 Å². The minimum absolute atomic E-state index is 0.00282. The van der Waals surface area contributed by atoms with E-state index in [9.17, 15) is 16.8 Å². The molecule has 0 aliphatic carbocycles. The minimum Gasteiger partial charge on any atom is -0.508 e. The molecule has 1 aromatic carbocycles. The van der Waals surface area contributed by atoms with E-state index in [0.29, 0.717) is 0 Å². The third-order valence-electron chi connectivity index (χ3n) is 2.43. The maximum atomic E-state index is 11.7. The molecule has 0 bridgehead atoms. The lowest BCUT2D eigenvalue weighted by Gasteiger charge is -2.07. The lowest BCUT2D eigenvalue weighted by molar-refractivity contribution is 0.135. The summed E-state index contributed by atoms with van der Waals surface area (Å²) >= 11 is 0. The van der Waals surface area contributed by atoms with E-state index in [4.69, 9.17) is 18.6 Å². The predicted molar refractivity (Wildman–Crippen MR) is 79.0 cm³/mol. The Morgan fingerprint density at radius 3 is 2.00 bits per heavy atom. The van der Waals surface area contributed by atoms with Crippen molar-refractivity contribution in [3.63, 3.8) is 0 Å². The van der Waals surface area contributed by atoms with Crippen molar-refractivity contribution >= 4 is 20.2 Å². The Morgan fingerprint density at radius 1 is 0.909 bits per heavy atom. The predicted octanol–water partition coefficient (Wildman–Crippen LogP) is 0.785. The molecule has 2 N–H and O–H groups in total. The van der Waals surface area contributed by atoms with Crippen LogP contribution in [0, 0.1) is 0 Å². The Balaban J connectivity index is 2.22. The van der Waals surface area contributed by atoms with Crippen molar-refractivity contribution in [1.82, 2.24) is 0 Å². The summed E-state index contributed by atoms with van der Waals surface area (Å²) < 4.78 is 62.5. The molecular formula is C12H18O8S2. The zero-order valence-electron chi connectivity index (χ0n) is 11.7. The summed E-state index contributed by atoms with van der Waals surface area (Å²) in [6.07, 6.45) is 0.321. The van der Waals surface area contributed by atoms with Crippen molar-refractivity contribution in [1.29, 1.82) is 0 Å². The van der Waals surface area contributed by atoms with E-state index in [-0.39, 0.29) is 43.3 Å². The van der Waals surface area contributed by atoms with Crippen LogP contribution in [-0.2, 0) is 25.0 Å². The highest BCUT2D eigenvalue weighted by atomic mass is 32.2. The standard InChI is InChI=1S/C12H18O8S2/c13-11-3-5-12(6-4-11)20-22(17,18)10-2-8-19-7-1-9-21(14,15)16/h3-6,13H,1-2,7-10H2,(H,14,15,16). The SMILES string of the molecule is O=S(=O)(O)CCCOCCCS(=O)(=O)Oc1ccc(O)cc1. The zero-order chi connectivity index (χ0) is 16.6. The molecule has 126 valence electrons. The van der Waals surface area contributed by atoms with Gasteiger partial charge in [0.05, 0.1) is 11.5 Å². The van der Waals surface area contributed by atoms with Gasteiger partial charge < -0.3 is 14.0 Å². The molecule has 0 fully saturated rings. The molecule has 8 nitrogen and oxygen atoms in total. The van der Waals surface area contributed by atoms with Crippen LogP contribution in [0.5, 0.6) is 11.5 Å². The highest BCUT2D eigenvalue weighted by Gasteiger charge is 2.12. The Kier molecular flexibility index (Phi) is 7.07. The Morgan fingerprint density at radius 2 is 1.45 bits per heavy atom. The van der Waals surface area contributed by atoms with Crippen LogP contribution in [-0.4, -0.2) is 51.2 Å². The molecule has 0 aliphatic heterocycles. The lowest BCUT2D eigenvalue weighted by atomic mass is 10.3. The lowest BCUT2D eigenvalue weighted by Crippen LogP contribution is -2.15. The van der Waals surface area contributed by atoms with Crippen molar-refractivity contribution in [2.45, 2.75) is 12.8 Å². The van der Waals surface area contributed by atoms with E-state index in [2.05, 4.69) is 0 Å². The van der Waals surface area contributed by atoms with Crippen LogP contribution in [0.2, 0.25) is 0 Å². The quantitative estimate of drug-likeness (QED) is 0.358. The summed E-state index contributed by atoms with van der Waals surface area (Å²) in [6.45, 7) is 0.238. The average Bonchev–Trinajstić information content (AvgIpc) is 2.39. The number of phenolic OH excluding ortho intramolecular Hbond substituents is 1. The molecule has 0 aliphatic rings. The third-order valence-corrected chi connectivity index (χ3v) is 4.47. The van der Waals surface area contributed by atoms with Gasteiger partial charge in [0.25, 0.3) is 10.1 Å². The zero-order valence-corrected chi connectivity index (χ0v) is 13.3. The molecule has 0 atom stereocenters. The fourth-order valence-electron chi connectivity index (χ4n) is 1.47. The van der Waals surface area contributed by atoms with E-state index in [1.54, 1.807) is 0 Å². The van der Waals surface area contributed by atoms with Gasteiger partial charge in [-0.1, -0.05) is 0 Å². The monoisotopic (exact) mass is 354 g/mol. The van der Waals surface area contributed by atoms with E-state index >= 15 is 0 Å². The second-order valence-electron chi connectivity index (χ2n) is 4.44. The Labute approximate surface area is 129 Å². The van der Waals surface area contributed by atoms with Gasteiger partial charge in [-0.05, 0) is 37.1 Å². The largest absolute Gasteiger partial charge is 0.508 e. The number of phenols is 1. The summed E-state index contributed by atoms with van der Waals surface area (Å²) in [5, 5.41) is 9.07. The highest BCUT2D eigenvalue weighted by molar-refractivity contribution is 7.87. The van der Waals surface area contributed by atoms with Gasteiger partial charge in [-0.15, -0.1) is 0 Å². The van der Waals surface area contributed by atoms with Crippen molar-refractivity contribution in [2.24, 2.45) is 0 Å². The first-order chi connectivity index (χ1) is 10.2. The molecule has 0 unspecified atom stereocenters. The summed E-state index contributed by atoms with van der Waals surface area (Å²) in [4.78, 5) is 0. The van der Waals surface area contributed by atoms with Crippen LogP contribution in [0.3, 0.4) is 0 Å². The number of ether oxygens (including phenoxy) is 1. The fraction of sp³-hybridized carbons (Fsp3) is 0.500. The fourth-order valence-corrected chi connectivity index (χ4v) is 2.91. The van der Waals surface area contributed by atoms with Crippen molar-refractivity contribution in [3.8, 4) is 11.5 Å². The molecule has 0 heterocycles. The van der Waals surface area contributed by atoms with E-state index in [0.717, 1.165) is 0 Å². The van der Waals surface area contributed by atoms with Crippen LogP contribution in [0.25, 0.3) is 0 Å². The molecule has 1 rings (SSSR count). The van der Waals surface area contributed by atoms with Crippen molar-refractivity contribution in [2.75, 3.05) is 24.7 Å². The third kappa shape index (κ3) is 8.82. The smallest absolute Gasteiger partial charge is 0.309 e. The summed E-state index contributed by atoms with van der Waals surface area (Å²) in [7, 11) is -7.75. The molecule has 0 amide bonds. The molecule has 0 saturated carbocycles. The second-order valence-corrected chi connectivity index (χ2v) is 7.71. The van der Waals surface area contributed by atoms with Gasteiger partial charge in [0, 0.05) is 13.2 Å². The second kappa shape index (κ2) is 8.32. The minimum atomic E-state index is -3.99. The molecule has 22 heavy (non-hydrogen) atoms. The normalized spacial score (nSPS) is 12.2. The first kappa shape index (κ1) is 18.7. The van der Waals surface area contributed by atoms with Crippen molar-refractivity contribution in [3.05, 3.63) is 24.3 Å². The maximum Gasteiger partial charge on any atom is 0.309 e. The number of aromatic hydroxyl groups is 1. The number of rotatable bonds is 10. The number of benzene rings is 1. The first-order valence-electron chi connectivity index (χ1n) is 6.42. The van der Waals surface area contributed by atoms with Crippen LogP contribution in [0.1, 0.15) is 12.8 Å². The highest BCUT2D eigenvalue weighted by Crippen LogP contribution is 2.17. The van der Waals surface area contributed by atoms with Gasteiger partial charge in [0.2, 0.25) is 0 Å². The number of hydrogen-bond donors (Lipinski definition) is 2. The van der Waals surface area contributed by atoms with Crippen LogP contribution >= 0.6 is 0 Å². The Bertz CT molecular complexity index is 649. The Hall–Kier alpha value is -1.36. The van der Waals surface area contributed by atoms with E-state index < -0.39 is 26.0 Å². The molecule has 10 heteroatoms. The molecule has 0 aromatic heterocycles. The first-order valence-corrected chi connectivity index (χ1v) is 9.61. The van der Waals surface area contributed by atoms with Crippen molar-refractivity contribution < 1.29 is 35.4 Å².